The van der Waals surface area contributed by atoms with Crippen LogP contribution >= 0.6 is 0 Å². The summed E-state index contributed by atoms with van der Waals surface area (Å²) in [7, 11) is 0. The zero-order valence-corrected chi connectivity index (χ0v) is 18.8. The highest BCUT2D eigenvalue weighted by molar-refractivity contribution is 5.76. The molecule has 1 saturated carbocycles. The number of Topliss-reactive ketones (excluding diaryl/α,β-unsaturated/α-hetero) is 1. The van der Waals surface area contributed by atoms with E-state index >= 15 is 0 Å². The first-order valence-corrected chi connectivity index (χ1v) is 11.0. The van der Waals surface area contributed by atoms with E-state index in [0.717, 1.165) is 51.6 Å². The van der Waals surface area contributed by atoms with Crippen LogP contribution in [-0.4, -0.2) is 49.6 Å². The number of hydrogen-bond donors (Lipinski definition) is 0. The van der Waals surface area contributed by atoms with Crippen LogP contribution in [0.4, 0.5) is 27.6 Å². The van der Waals surface area contributed by atoms with Gasteiger partial charge in [-0.1, -0.05) is 52.0 Å². The van der Waals surface area contributed by atoms with Gasteiger partial charge >= 0.3 is 6.18 Å². The summed E-state index contributed by atoms with van der Waals surface area (Å²) in [5.41, 5.74) is 0.385. The summed E-state index contributed by atoms with van der Waals surface area (Å²) in [6.07, 6.45) is 1.80. The minimum Gasteiger partial charge on any atom is -0.367 e. The molecule has 0 atom stereocenters. The highest BCUT2D eigenvalue weighted by Crippen LogP contribution is 2.23. The summed E-state index contributed by atoms with van der Waals surface area (Å²) in [5, 5.41) is 0. The lowest BCUT2D eigenvalue weighted by Crippen LogP contribution is -2.46. The number of benzene rings is 1. The topological polar surface area (TPSA) is 23.6 Å². The predicted octanol–water partition coefficient (Wildman–Crippen LogP) is 6.22. The molecule has 0 radical (unpaired) electrons. The highest BCUT2D eigenvalue weighted by Gasteiger charge is 2.28. The Morgan fingerprint density at radius 1 is 1.03 bits per heavy atom. The maximum Gasteiger partial charge on any atom is 0.395 e. The molecule has 1 aliphatic carbocycles. The standard InChI is InChI=1S/C12H16F2N2.C7H14.C4H5F3O/c1-2-15-6-8-16(9-7-15)11-5-3-4-10(13)12(11)14;1-7-5-3-2-4-6-7;1-3(8)2-4(5,6)7/h3-5H,2,6-9H2,1H3;7H,2-6H2,1H3;2H2,1H3. The number of alkyl halides is 3. The quantitative estimate of drug-likeness (QED) is 0.511. The van der Waals surface area contributed by atoms with Crippen molar-refractivity contribution in [1.82, 2.24) is 4.90 Å². The van der Waals surface area contributed by atoms with Crippen molar-refractivity contribution in [2.24, 2.45) is 5.92 Å². The van der Waals surface area contributed by atoms with E-state index < -0.39 is 30.0 Å². The Hall–Kier alpha value is -1.70. The molecular weight excluding hydrogens is 415 g/mol. The molecule has 0 amide bonds. The van der Waals surface area contributed by atoms with E-state index in [1.165, 1.54) is 32.1 Å². The first-order chi connectivity index (χ1) is 14.5. The van der Waals surface area contributed by atoms with Crippen molar-refractivity contribution < 1.29 is 26.7 Å². The molecule has 0 bridgehead atoms. The molecule has 0 aromatic heterocycles. The van der Waals surface area contributed by atoms with Gasteiger partial charge in [-0.3, -0.25) is 4.79 Å². The van der Waals surface area contributed by atoms with Gasteiger partial charge in [0.1, 0.15) is 12.2 Å². The van der Waals surface area contributed by atoms with Gasteiger partial charge in [-0.05, 0) is 31.5 Å². The third kappa shape index (κ3) is 11.5. The second kappa shape index (κ2) is 13.7. The monoisotopic (exact) mass is 450 g/mol. The Morgan fingerprint density at radius 2 is 1.61 bits per heavy atom. The second-order valence-electron chi connectivity index (χ2n) is 8.23. The first kappa shape index (κ1) is 27.3. The maximum absolute atomic E-state index is 13.5. The van der Waals surface area contributed by atoms with Crippen LogP contribution in [0, 0.1) is 17.6 Å². The van der Waals surface area contributed by atoms with Crippen molar-refractivity contribution in [2.45, 2.75) is 65.5 Å². The van der Waals surface area contributed by atoms with Gasteiger partial charge in [0, 0.05) is 26.2 Å². The molecule has 178 valence electrons. The molecule has 0 unspecified atom stereocenters. The van der Waals surface area contributed by atoms with Gasteiger partial charge in [0.05, 0.1) is 5.69 Å². The molecule has 2 aliphatic rings. The van der Waals surface area contributed by atoms with Gasteiger partial charge in [-0.15, -0.1) is 0 Å². The molecule has 3 nitrogen and oxygen atoms in total. The fourth-order valence-corrected chi connectivity index (χ4v) is 3.63. The summed E-state index contributed by atoms with van der Waals surface area (Å²) in [4.78, 5) is 13.9. The SMILES string of the molecule is CC(=O)CC(F)(F)F.CC1CCCCC1.CCN1CCN(c2cccc(F)c2F)CC1. The number of carbonyl (C=O) groups excluding carboxylic acids is 1. The summed E-state index contributed by atoms with van der Waals surface area (Å²) in [6.45, 7) is 9.73. The Bertz CT molecular complexity index is 652. The normalized spacial score (nSPS) is 17.9. The lowest BCUT2D eigenvalue weighted by Gasteiger charge is -2.35. The number of likely N-dealkylation sites (N-methyl/N-ethyl adjacent to an activating group) is 1. The molecule has 1 aromatic rings. The molecule has 1 aromatic carbocycles. The molecule has 31 heavy (non-hydrogen) atoms. The molecule has 1 aliphatic heterocycles. The van der Waals surface area contributed by atoms with E-state index in [-0.39, 0.29) is 0 Å². The number of nitrogens with zero attached hydrogens (tertiary/aromatic N) is 2. The number of hydrogen-bond acceptors (Lipinski definition) is 3. The van der Waals surface area contributed by atoms with E-state index in [0.29, 0.717) is 5.69 Å². The number of anilines is 1. The molecule has 8 heteroatoms. The van der Waals surface area contributed by atoms with Crippen LogP contribution in [-0.2, 0) is 4.79 Å². The Morgan fingerprint density at radius 3 is 2.00 bits per heavy atom. The van der Waals surface area contributed by atoms with Gasteiger partial charge in [-0.2, -0.15) is 13.2 Å². The average molecular weight is 451 g/mol. The number of halogens is 5. The van der Waals surface area contributed by atoms with Crippen molar-refractivity contribution in [3.63, 3.8) is 0 Å². The van der Waals surface area contributed by atoms with Crippen LogP contribution in [0.15, 0.2) is 18.2 Å². The summed E-state index contributed by atoms with van der Waals surface area (Å²) < 4.78 is 59.9. The third-order valence-electron chi connectivity index (χ3n) is 5.43. The summed E-state index contributed by atoms with van der Waals surface area (Å²) in [6, 6.07) is 4.35. The summed E-state index contributed by atoms with van der Waals surface area (Å²) in [5.74, 6) is -1.31. The van der Waals surface area contributed by atoms with E-state index in [1.54, 1.807) is 12.1 Å². The molecule has 1 heterocycles. The van der Waals surface area contributed by atoms with E-state index in [9.17, 15) is 26.7 Å². The zero-order valence-electron chi connectivity index (χ0n) is 18.8. The molecule has 2 fully saturated rings. The molecule has 3 rings (SSSR count). The molecule has 0 spiro atoms. The van der Waals surface area contributed by atoms with Crippen LogP contribution in [0.2, 0.25) is 0 Å². The van der Waals surface area contributed by atoms with Crippen LogP contribution in [0.5, 0.6) is 0 Å². The van der Waals surface area contributed by atoms with Gasteiger partial charge < -0.3 is 9.80 Å². The summed E-state index contributed by atoms with van der Waals surface area (Å²) >= 11 is 0. The van der Waals surface area contributed by atoms with Crippen LogP contribution < -0.4 is 4.90 Å². The minimum absolute atomic E-state index is 0.385. The number of carbonyl (C=O) groups is 1. The molecule has 1 saturated heterocycles. The lowest BCUT2D eigenvalue weighted by molar-refractivity contribution is -0.150. The Labute approximate surface area is 182 Å². The van der Waals surface area contributed by atoms with E-state index in [1.807, 2.05) is 4.90 Å². The second-order valence-corrected chi connectivity index (χ2v) is 8.23. The minimum atomic E-state index is -4.33. The van der Waals surface area contributed by atoms with Gasteiger partial charge in [0.15, 0.2) is 11.6 Å². The first-order valence-electron chi connectivity index (χ1n) is 11.0. The average Bonchev–Trinajstić information content (AvgIpc) is 2.70. The third-order valence-corrected chi connectivity index (χ3v) is 5.43. The largest absolute Gasteiger partial charge is 0.395 e. The predicted molar refractivity (Wildman–Crippen MR) is 114 cm³/mol. The Kier molecular flexibility index (Phi) is 12.0. The molecule has 0 N–H and O–H groups in total. The number of rotatable bonds is 3. The van der Waals surface area contributed by atoms with Crippen molar-refractivity contribution in [1.29, 1.82) is 0 Å². The van der Waals surface area contributed by atoms with Gasteiger partial charge in [0.25, 0.3) is 0 Å². The smallest absolute Gasteiger partial charge is 0.367 e. The maximum atomic E-state index is 13.5. The van der Waals surface area contributed by atoms with Crippen LogP contribution in [0.25, 0.3) is 0 Å². The number of ketones is 1. The Balaban J connectivity index is 0.000000268. The van der Waals surface area contributed by atoms with Crippen LogP contribution in [0.1, 0.15) is 59.3 Å². The van der Waals surface area contributed by atoms with Gasteiger partial charge in [0.2, 0.25) is 0 Å². The van der Waals surface area contributed by atoms with E-state index in [4.69, 9.17) is 0 Å². The fourth-order valence-electron chi connectivity index (χ4n) is 3.63. The van der Waals surface area contributed by atoms with Crippen LogP contribution in [0.3, 0.4) is 0 Å². The lowest BCUT2D eigenvalue weighted by atomic mass is 9.91. The fraction of sp³-hybridized carbons (Fsp3) is 0.696. The highest BCUT2D eigenvalue weighted by atomic mass is 19.4. The zero-order chi connectivity index (χ0) is 23.4. The van der Waals surface area contributed by atoms with Crippen molar-refractivity contribution in [3.8, 4) is 0 Å². The van der Waals surface area contributed by atoms with Crippen molar-refractivity contribution >= 4 is 11.5 Å². The van der Waals surface area contributed by atoms with Gasteiger partial charge in [-0.25, -0.2) is 8.78 Å². The molecular formula is C23H35F5N2O. The van der Waals surface area contributed by atoms with Crippen molar-refractivity contribution in [3.05, 3.63) is 29.8 Å². The number of piperazine rings is 1. The van der Waals surface area contributed by atoms with Crippen molar-refractivity contribution in [2.75, 3.05) is 37.6 Å². The van der Waals surface area contributed by atoms with E-state index in [2.05, 4.69) is 18.7 Å².